The number of aryl methyl sites for hydroxylation is 1. The van der Waals surface area contributed by atoms with E-state index in [1.165, 1.54) is 0 Å². The Morgan fingerprint density at radius 3 is 2.78 bits per heavy atom. The fourth-order valence-electron chi connectivity index (χ4n) is 2.78. The van der Waals surface area contributed by atoms with Crippen molar-refractivity contribution in [2.24, 2.45) is 5.73 Å². The summed E-state index contributed by atoms with van der Waals surface area (Å²) in [6, 6.07) is 7.61. The van der Waals surface area contributed by atoms with E-state index in [1.54, 1.807) is 20.3 Å². The Morgan fingerprint density at radius 1 is 1.35 bits per heavy atom. The average Bonchev–Trinajstić information content (AvgIpc) is 2.92. The molecule has 3 rings (SSSR count). The highest BCUT2D eigenvalue weighted by molar-refractivity contribution is 5.58. The Balaban J connectivity index is 2.27. The summed E-state index contributed by atoms with van der Waals surface area (Å²) < 4.78 is 16.3. The number of allylic oxidation sites excluding steroid dienone is 1. The van der Waals surface area contributed by atoms with Gasteiger partial charge in [-0.15, -0.1) is 0 Å². The highest BCUT2D eigenvalue weighted by Crippen LogP contribution is 2.46. The van der Waals surface area contributed by atoms with Gasteiger partial charge in [-0.3, -0.25) is 0 Å². The van der Waals surface area contributed by atoms with Crippen molar-refractivity contribution >= 4 is 0 Å². The molecule has 3 N–H and O–H groups in total. The number of aromatic nitrogens is 2. The lowest BCUT2D eigenvalue weighted by Crippen LogP contribution is -2.21. The molecular formula is C16H16N4O3. The summed E-state index contributed by atoms with van der Waals surface area (Å²) in [4.78, 5) is 7.42. The standard InChI is InChI=1S/C16H16N4O3/c1-8-19-13-12(10(7-17)15(18)23-16(13)20-8)9-5-4-6-11(21-2)14(9)22-3/h4-6,12H,18H2,1-3H3,(H,19,20). The molecule has 7 heteroatoms. The molecule has 0 aliphatic carbocycles. The van der Waals surface area contributed by atoms with E-state index >= 15 is 0 Å². The van der Waals surface area contributed by atoms with Crippen molar-refractivity contribution in [3.63, 3.8) is 0 Å². The molecule has 1 atom stereocenters. The number of hydrogen-bond donors (Lipinski definition) is 2. The molecule has 0 saturated heterocycles. The van der Waals surface area contributed by atoms with Gasteiger partial charge in [-0.05, 0) is 13.0 Å². The fraction of sp³-hybridized carbons (Fsp3) is 0.250. The van der Waals surface area contributed by atoms with E-state index in [4.69, 9.17) is 19.9 Å². The molecule has 1 aromatic heterocycles. The molecule has 7 nitrogen and oxygen atoms in total. The third-order valence-corrected chi connectivity index (χ3v) is 3.73. The molecule has 0 saturated carbocycles. The van der Waals surface area contributed by atoms with Gasteiger partial charge in [0.1, 0.15) is 17.5 Å². The second-order valence-electron chi connectivity index (χ2n) is 5.05. The Hall–Kier alpha value is -3.14. The predicted molar refractivity (Wildman–Crippen MR) is 82.2 cm³/mol. The van der Waals surface area contributed by atoms with E-state index in [0.29, 0.717) is 34.5 Å². The average molecular weight is 312 g/mol. The molecule has 2 heterocycles. The van der Waals surface area contributed by atoms with Crippen molar-refractivity contribution < 1.29 is 14.2 Å². The third-order valence-electron chi connectivity index (χ3n) is 3.73. The van der Waals surface area contributed by atoms with Crippen LogP contribution in [0.15, 0.2) is 29.7 Å². The van der Waals surface area contributed by atoms with Gasteiger partial charge in [0.2, 0.25) is 11.8 Å². The minimum Gasteiger partial charge on any atom is -0.493 e. The van der Waals surface area contributed by atoms with Crippen molar-refractivity contribution in [3.8, 4) is 23.4 Å². The van der Waals surface area contributed by atoms with Gasteiger partial charge in [-0.2, -0.15) is 10.2 Å². The largest absolute Gasteiger partial charge is 0.493 e. The van der Waals surface area contributed by atoms with Crippen LogP contribution in [0.1, 0.15) is 23.0 Å². The molecule has 1 unspecified atom stereocenters. The topological polar surface area (TPSA) is 106 Å². The molecule has 0 radical (unpaired) electrons. The lowest BCUT2D eigenvalue weighted by molar-refractivity contribution is 0.348. The summed E-state index contributed by atoms with van der Waals surface area (Å²) in [5.41, 5.74) is 7.63. The highest BCUT2D eigenvalue weighted by atomic mass is 16.5. The summed E-state index contributed by atoms with van der Waals surface area (Å²) in [7, 11) is 3.12. The number of aromatic amines is 1. The van der Waals surface area contributed by atoms with E-state index in [1.807, 2.05) is 19.1 Å². The lowest BCUT2D eigenvalue weighted by Gasteiger charge is -2.24. The first-order chi connectivity index (χ1) is 11.1. The number of H-pyrrole nitrogens is 1. The Labute approximate surface area is 133 Å². The van der Waals surface area contributed by atoms with Crippen molar-refractivity contribution in [2.45, 2.75) is 12.8 Å². The number of imidazole rings is 1. The molecule has 0 spiro atoms. The lowest BCUT2D eigenvalue weighted by atomic mass is 9.87. The normalized spacial score (nSPS) is 16.3. The maximum absolute atomic E-state index is 9.54. The van der Waals surface area contributed by atoms with Gasteiger partial charge >= 0.3 is 0 Å². The maximum Gasteiger partial charge on any atom is 0.243 e. The van der Waals surface area contributed by atoms with E-state index in [0.717, 1.165) is 5.56 Å². The van der Waals surface area contributed by atoms with Gasteiger partial charge in [0.25, 0.3) is 0 Å². The van der Waals surface area contributed by atoms with Crippen molar-refractivity contribution in [1.82, 2.24) is 9.97 Å². The summed E-state index contributed by atoms with van der Waals surface area (Å²) in [5, 5.41) is 9.54. The van der Waals surface area contributed by atoms with Crippen LogP contribution >= 0.6 is 0 Å². The van der Waals surface area contributed by atoms with Crippen LogP contribution in [0.3, 0.4) is 0 Å². The molecular weight excluding hydrogens is 296 g/mol. The van der Waals surface area contributed by atoms with Crippen molar-refractivity contribution in [3.05, 3.63) is 46.7 Å². The summed E-state index contributed by atoms with van der Waals surface area (Å²) >= 11 is 0. The first-order valence-corrected chi connectivity index (χ1v) is 6.95. The van der Waals surface area contributed by atoms with Crippen molar-refractivity contribution in [2.75, 3.05) is 14.2 Å². The quantitative estimate of drug-likeness (QED) is 0.897. The van der Waals surface area contributed by atoms with Gasteiger partial charge in [-0.25, -0.2) is 0 Å². The number of hydrogen-bond acceptors (Lipinski definition) is 6. The van der Waals surface area contributed by atoms with E-state index < -0.39 is 5.92 Å². The summed E-state index contributed by atoms with van der Waals surface area (Å²) in [5.74, 6) is 1.74. The number of para-hydroxylation sites is 1. The predicted octanol–water partition coefficient (Wildman–Crippen LogP) is 1.95. The highest BCUT2D eigenvalue weighted by Gasteiger charge is 2.35. The molecule has 118 valence electrons. The number of nitrogens with zero attached hydrogens (tertiary/aromatic N) is 2. The Kier molecular flexibility index (Phi) is 3.58. The third kappa shape index (κ3) is 2.25. The summed E-state index contributed by atoms with van der Waals surface area (Å²) in [6.07, 6.45) is 0. The number of nitriles is 1. The van der Waals surface area contributed by atoms with Crippen LogP contribution in [-0.2, 0) is 0 Å². The van der Waals surface area contributed by atoms with Crippen LogP contribution in [0.5, 0.6) is 17.4 Å². The summed E-state index contributed by atoms with van der Waals surface area (Å²) in [6.45, 7) is 1.81. The fourth-order valence-corrected chi connectivity index (χ4v) is 2.78. The number of nitrogens with two attached hydrogens (primary N) is 1. The molecule has 23 heavy (non-hydrogen) atoms. The van der Waals surface area contributed by atoms with Crippen LogP contribution < -0.4 is 19.9 Å². The van der Waals surface area contributed by atoms with Crippen LogP contribution in [0.25, 0.3) is 0 Å². The van der Waals surface area contributed by atoms with Gasteiger partial charge in [0.05, 0.1) is 25.8 Å². The molecule has 0 amide bonds. The molecule has 0 fully saturated rings. The number of ether oxygens (including phenoxy) is 3. The maximum atomic E-state index is 9.54. The molecule has 2 aromatic rings. The van der Waals surface area contributed by atoms with E-state index in [-0.39, 0.29) is 5.88 Å². The Morgan fingerprint density at radius 2 is 2.13 bits per heavy atom. The minimum atomic E-state index is -0.463. The zero-order valence-corrected chi connectivity index (χ0v) is 13.0. The SMILES string of the molecule is COc1cccc(C2C(C#N)=C(N)Oc3nc(C)[nH]c32)c1OC. The monoisotopic (exact) mass is 312 g/mol. The van der Waals surface area contributed by atoms with Crippen LogP contribution in [0, 0.1) is 18.3 Å². The van der Waals surface area contributed by atoms with Crippen LogP contribution in [0.2, 0.25) is 0 Å². The van der Waals surface area contributed by atoms with Gasteiger partial charge in [-0.1, -0.05) is 12.1 Å². The zero-order valence-electron chi connectivity index (χ0n) is 13.0. The second-order valence-corrected chi connectivity index (χ2v) is 5.05. The Bertz CT molecular complexity index is 832. The number of nitrogens with one attached hydrogen (secondary N) is 1. The van der Waals surface area contributed by atoms with Gasteiger partial charge in [0.15, 0.2) is 11.5 Å². The number of rotatable bonds is 3. The second kappa shape index (κ2) is 5.57. The first kappa shape index (κ1) is 14.8. The molecule has 1 aromatic carbocycles. The minimum absolute atomic E-state index is 0.0429. The first-order valence-electron chi connectivity index (χ1n) is 6.95. The molecule has 0 bridgehead atoms. The molecule has 1 aliphatic heterocycles. The smallest absolute Gasteiger partial charge is 0.243 e. The number of fused-ring (bicyclic) bond motifs is 1. The van der Waals surface area contributed by atoms with Crippen LogP contribution in [0.4, 0.5) is 0 Å². The van der Waals surface area contributed by atoms with E-state index in [2.05, 4.69) is 16.0 Å². The zero-order chi connectivity index (χ0) is 16.6. The number of benzene rings is 1. The molecule has 1 aliphatic rings. The van der Waals surface area contributed by atoms with Crippen LogP contribution in [-0.4, -0.2) is 24.2 Å². The van der Waals surface area contributed by atoms with Gasteiger partial charge in [0, 0.05) is 5.56 Å². The van der Waals surface area contributed by atoms with Gasteiger partial charge < -0.3 is 24.9 Å². The van der Waals surface area contributed by atoms with Crippen molar-refractivity contribution in [1.29, 1.82) is 5.26 Å². The van der Waals surface area contributed by atoms with E-state index in [9.17, 15) is 5.26 Å². The number of methoxy groups -OCH3 is 2.